The van der Waals surface area contributed by atoms with Crippen LogP contribution in [0.1, 0.15) is 16.9 Å². The molecule has 1 fully saturated rings. The zero-order valence-electron chi connectivity index (χ0n) is 8.01. The summed E-state index contributed by atoms with van der Waals surface area (Å²) in [6, 6.07) is 1.58. The van der Waals surface area contributed by atoms with E-state index < -0.39 is 11.9 Å². The van der Waals surface area contributed by atoms with Crippen molar-refractivity contribution in [2.24, 2.45) is 5.92 Å². The van der Waals surface area contributed by atoms with Crippen molar-refractivity contribution < 1.29 is 14.7 Å². The predicted molar refractivity (Wildman–Crippen MR) is 50.2 cm³/mol. The van der Waals surface area contributed by atoms with E-state index >= 15 is 0 Å². The third kappa shape index (κ3) is 1.83. The molecule has 1 aromatic rings. The van der Waals surface area contributed by atoms with Gasteiger partial charge in [0, 0.05) is 19.3 Å². The number of hydrogen-bond donors (Lipinski definition) is 2. The first-order valence-corrected chi connectivity index (χ1v) is 4.70. The number of H-pyrrole nitrogens is 1. The van der Waals surface area contributed by atoms with Crippen molar-refractivity contribution in [3.63, 3.8) is 0 Å². The average molecular weight is 209 g/mol. The van der Waals surface area contributed by atoms with Crippen LogP contribution < -0.4 is 0 Å². The van der Waals surface area contributed by atoms with E-state index in [-0.39, 0.29) is 12.5 Å². The van der Waals surface area contributed by atoms with E-state index in [2.05, 4.69) is 10.2 Å². The largest absolute Gasteiger partial charge is 0.481 e. The van der Waals surface area contributed by atoms with Gasteiger partial charge in [-0.3, -0.25) is 14.7 Å². The molecule has 2 N–H and O–H groups in total. The molecule has 0 spiro atoms. The lowest BCUT2D eigenvalue weighted by molar-refractivity contribution is -0.141. The zero-order valence-corrected chi connectivity index (χ0v) is 8.01. The second kappa shape index (κ2) is 3.72. The van der Waals surface area contributed by atoms with Crippen LogP contribution >= 0.6 is 0 Å². The van der Waals surface area contributed by atoms with Gasteiger partial charge in [-0.05, 0) is 12.5 Å². The predicted octanol–water partition coefficient (Wildman–Crippen LogP) is -0.0436. The van der Waals surface area contributed by atoms with Gasteiger partial charge < -0.3 is 10.0 Å². The minimum Gasteiger partial charge on any atom is -0.481 e. The summed E-state index contributed by atoms with van der Waals surface area (Å²) in [7, 11) is 0. The quantitative estimate of drug-likeness (QED) is 0.715. The van der Waals surface area contributed by atoms with Crippen LogP contribution in [0.3, 0.4) is 0 Å². The van der Waals surface area contributed by atoms with Gasteiger partial charge >= 0.3 is 5.97 Å². The lowest BCUT2D eigenvalue weighted by Crippen LogP contribution is -2.30. The highest BCUT2D eigenvalue weighted by Gasteiger charge is 2.31. The number of carbonyl (C=O) groups excluding carboxylic acids is 1. The van der Waals surface area contributed by atoms with Gasteiger partial charge in [-0.1, -0.05) is 0 Å². The summed E-state index contributed by atoms with van der Waals surface area (Å²) < 4.78 is 0. The van der Waals surface area contributed by atoms with E-state index in [9.17, 15) is 9.59 Å². The van der Waals surface area contributed by atoms with Gasteiger partial charge in [-0.25, -0.2) is 0 Å². The molecule has 0 bridgehead atoms. The molecule has 2 rings (SSSR count). The van der Waals surface area contributed by atoms with Gasteiger partial charge in [0.05, 0.1) is 5.92 Å². The monoisotopic (exact) mass is 209 g/mol. The molecule has 1 aliphatic heterocycles. The molecule has 1 saturated heterocycles. The maximum atomic E-state index is 11.7. The second-order valence-electron chi connectivity index (χ2n) is 3.55. The minimum atomic E-state index is -0.838. The van der Waals surface area contributed by atoms with Gasteiger partial charge in [-0.15, -0.1) is 0 Å². The van der Waals surface area contributed by atoms with Crippen LogP contribution in [-0.4, -0.2) is 45.2 Å². The van der Waals surface area contributed by atoms with Crippen molar-refractivity contribution in [1.82, 2.24) is 15.1 Å². The van der Waals surface area contributed by atoms with E-state index in [0.29, 0.717) is 18.7 Å². The molecule has 0 aliphatic carbocycles. The number of aromatic nitrogens is 2. The smallest absolute Gasteiger partial charge is 0.308 e. The van der Waals surface area contributed by atoms with E-state index in [1.54, 1.807) is 6.07 Å². The number of nitrogens with one attached hydrogen (secondary N) is 1. The fraction of sp³-hybridized carbons (Fsp3) is 0.444. The molecule has 0 unspecified atom stereocenters. The first-order chi connectivity index (χ1) is 7.18. The van der Waals surface area contributed by atoms with Crippen molar-refractivity contribution in [2.75, 3.05) is 13.1 Å². The summed E-state index contributed by atoms with van der Waals surface area (Å²) in [5.41, 5.74) is 0.404. The summed E-state index contributed by atoms with van der Waals surface area (Å²) in [5, 5.41) is 15.0. The number of amides is 1. The fourth-order valence-electron chi connectivity index (χ4n) is 1.69. The maximum absolute atomic E-state index is 11.7. The van der Waals surface area contributed by atoms with E-state index in [1.165, 1.54) is 11.1 Å². The van der Waals surface area contributed by atoms with Crippen LogP contribution in [0.2, 0.25) is 0 Å². The Morgan fingerprint density at radius 1 is 1.60 bits per heavy atom. The Bertz CT molecular complexity index is 374. The number of carbonyl (C=O) groups is 2. The van der Waals surface area contributed by atoms with Crippen LogP contribution in [0.25, 0.3) is 0 Å². The molecule has 6 heteroatoms. The lowest BCUT2D eigenvalue weighted by atomic mass is 10.1. The highest BCUT2D eigenvalue weighted by molar-refractivity contribution is 5.92. The van der Waals surface area contributed by atoms with Gasteiger partial charge in [0.1, 0.15) is 5.69 Å². The highest BCUT2D eigenvalue weighted by atomic mass is 16.4. The molecule has 15 heavy (non-hydrogen) atoms. The lowest BCUT2D eigenvalue weighted by Gasteiger charge is -2.13. The van der Waals surface area contributed by atoms with Crippen LogP contribution in [0.15, 0.2) is 12.3 Å². The number of aromatic amines is 1. The van der Waals surface area contributed by atoms with Crippen LogP contribution in [0.5, 0.6) is 0 Å². The van der Waals surface area contributed by atoms with Gasteiger partial charge in [0.15, 0.2) is 0 Å². The van der Waals surface area contributed by atoms with Gasteiger partial charge in [-0.2, -0.15) is 5.10 Å². The number of aliphatic carboxylic acids is 1. The van der Waals surface area contributed by atoms with Crippen molar-refractivity contribution in [1.29, 1.82) is 0 Å². The van der Waals surface area contributed by atoms with E-state index in [0.717, 1.165) is 0 Å². The van der Waals surface area contributed by atoms with Crippen molar-refractivity contribution in [2.45, 2.75) is 6.42 Å². The Labute approximate surface area is 85.9 Å². The zero-order chi connectivity index (χ0) is 10.8. The number of carboxylic acids is 1. The number of likely N-dealkylation sites (tertiary alicyclic amines) is 1. The first-order valence-electron chi connectivity index (χ1n) is 4.70. The Morgan fingerprint density at radius 2 is 2.40 bits per heavy atom. The topological polar surface area (TPSA) is 86.3 Å². The molecule has 2 heterocycles. The molecule has 80 valence electrons. The second-order valence-corrected chi connectivity index (χ2v) is 3.55. The summed E-state index contributed by atoms with van der Waals surface area (Å²) >= 11 is 0. The van der Waals surface area contributed by atoms with E-state index in [1.807, 2.05) is 0 Å². The Morgan fingerprint density at radius 3 is 2.93 bits per heavy atom. The molecule has 1 amide bonds. The Balaban J connectivity index is 2.02. The summed E-state index contributed by atoms with van der Waals surface area (Å²) in [6.07, 6.45) is 2.02. The summed E-state index contributed by atoms with van der Waals surface area (Å²) in [5.74, 6) is -1.46. The molecule has 1 aliphatic rings. The molecular formula is C9H11N3O3. The fourth-order valence-corrected chi connectivity index (χ4v) is 1.69. The van der Waals surface area contributed by atoms with Crippen LogP contribution in [-0.2, 0) is 4.79 Å². The minimum absolute atomic E-state index is 0.184. The Hall–Kier alpha value is -1.85. The van der Waals surface area contributed by atoms with Crippen molar-refractivity contribution in [3.05, 3.63) is 18.0 Å². The third-order valence-electron chi connectivity index (χ3n) is 2.56. The molecule has 0 radical (unpaired) electrons. The number of rotatable bonds is 2. The Kier molecular flexibility index (Phi) is 2.40. The molecular weight excluding hydrogens is 198 g/mol. The normalized spacial score (nSPS) is 20.5. The molecule has 1 aromatic heterocycles. The number of hydrogen-bond acceptors (Lipinski definition) is 3. The number of carboxylic acid groups (broad SMARTS) is 1. The maximum Gasteiger partial charge on any atom is 0.308 e. The molecule has 0 aromatic carbocycles. The SMILES string of the molecule is O=C(O)[C@@H]1CCN(C(=O)c2ccn[nH]2)C1. The molecule has 6 nitrogen and oxygen atoms in total. The van der Waals surface area contributed by atoms with Crippen LogP contribution in [0.4, 0.5) is 0 Å². The van der Waals surface area contributed by atoms with Gasteiger partial charge in [0.2, 0.25) is 0 Å². The standard InChI is InChI=1S/C9H11N3O3/c13-8(7-1-3-10-11-7)12-4-2-6(5-12)9(14)15/h1,3,6H,2,4-5H2,(H,10,11)(H,14,15)/t6-/m1/s1. The third-order valence-corrected chi connectivity index (χ3v) is 2.56. The van der Waals surface area contributed by atoms with Crippen molar-refractivity contribution in [3.8, 4) is 0 Å². The molecule has 0 saturated carbocycles. The average Bonchev–Trinajstić information content (AvgIpc) is 2.88. The molecule has 1 atom stereocenters. The van der Waals surface area contributed by atoms with E-state index in [4.69, 9.17) is 5.11 Å². The van der Waals surface area contributed by atoms with Crippen molar-refractivity contribution >= 4 is 11.9 Å². The van der Waals surface area contributed by atoms with Gasteiger partial charge in [0.25, 0.3) is 5.91 Å². The number of nitrogens with zero attached hydrogens (tertiary/aromatic N) is 2. The summed E-state index contributed by atoms with van der Waals surface area (Å²) in [4.78, 5) is 24.0. The highest BCUT2D eigenvalue weighted by Crippen LogP contribution is 2.17. The summed E-state index contributed by atoms with van der Waals surface area (Å²) in [6.45, 7) is 0.780. The first kappa shape index (κ1) is 9.70. The van der Waals surface area contributed by atoms with Crippen LogP contribution in [0, 0.1) is 5.92 Å².